The minimum absolute atomic E-state index is 0.0203. The van der Waals surface area contributed by atoms with Crippen molar-refractivity contribution in [2.45, 2.75) is 44.8 Å². The average molecular weight is 442 g/mol. The molecule has 0 aliphatic carbocycles. The molecule has 1 aromatic carbocycles. The number of ether oxygens (including phenoxy) is 1. The number of hydrogen-bond donors (Lipinski definition) is 4. The lowest BCUT2D eigenvalue weighted by Crippen LogP contribution is -2.33. The van der Waals surface area contributed by atoms with E-state index in [1.165, 1.54) is 25.3 Å². The first-order chi connectivity index (χ1) is 14.1. The molecule has 2 aromatic rings. The van der Waals surface area contributed by atoms with E-state index in [4.69, 9.17) is 13.8 Å². The number of nitrogens with one attached hydrogen (secondary N) is 1. The fourth-order valence-electron chi connectivity index (χ4n) is 2.99. The average Bonchev–Trinajstić information content (AvgIpc) is 3.03. The van der Waals surface area contributed by atoms with Gasteiger partial charge < -0.3 is 19.5 Å². The number of phosphoric ester groups is 1. The molecule has 2 unspecified atom stereocenters. The molecule has 1 saturated heterocycles. The summed E-state index contributed by atoms with van der Waals surface area (Å²) >= 11 is 0. The Balaban J connectivity index is 1.63. The number of rotatable bonds is 7. The van der Waals surface area contributed by atoms with Crippen LogP contribution in [0.3, 0.4) is 0 Å². The molecule has 12 heteroatoms. The number of aliphatic hydroxyl groups is 2. The van der Waals surface area contributed by atoms with Gasteiger partial charge in [0, 0.05) is 18.2 Å². The van der Waals surface area contributed by atoms with E-state index in [9.17, 15) is 29.3 Å². The Hall–Kier alpha value is -2.27. The third-order valence-electron chi connectivity index (χ3n) is 4.62. The maximum Gasteiger partial charge on any atom is 0.527 e. The van der Waals surface area contributed by atoms with Gasteiger partial charge >= 0.3 is 13.5 Å². The summed E-state index contributed by atoms with van der Waals surface area (Å²) in [4.78, 5) is 35.6. The molecule has 0 spiro atoms. The predicted molar refractivity (Wildman–Crippen MR) is 104 cm³/mol. The molecule has 4 N–H and O–H groups in total. The molecule has 1 fully saturated rings. The number of aliphatic hydroxyl groups excluding tert-OH is 2. The number of aromatic nitrogens is 2. The normalized spacial score (nSPS) is 24.4. The fourth-order valence-corrected chi connectivity index (χ4v) is 3.76. The third-order valence-corrected chi connectivity index (χ3v) is 5.54. The van der Waals surface area contributed by atoms with Crippen LogP contribution in [0, 0.1) is 6.92 Å². The van der Waals surface area contributed by atoms with Crippen LogP contribution in [-0.2, 0) is 13.8 Å². The summed E-state index contributed by atoms with van der Waals surface area (Å²) in [6.07, 6.45) is -2.40. The van der Waals surface area contributed by atoms with Gasteiger partial charge in [-0.3, -0.25) is 23.8 Å². The molecule has 164 valence electrons. The van der Waals surface area contributed by atoms with Crippen molar-refractivity contribution in [2.75, 3.05) is 6.61 Å². The van der Waals surface area contributed by atoms with Crippen molar-refractivity contribution in [2.24, 2.45) is 0 Å². The van der Waals surface area contributed by atoms with E-state index in [0.29, 0.717) is 11.1 Å². The van der Waals surface area contributed by atoms with Gasteiger partial charge in [0.15, 0.2) is 0 Å². The first-order valence-electron chi connectivity index (χ1n) is 9.16. The standard InChI is InChI=1S/C18H23N2O9P/c1-10-8-20(18(24)19-17(10)23)16-7-14(22)15(28-16)9-27-30(25,26)29-13-5-3-4-12(6-13)11(2)21/h3-6,8,11,14-16,21-22H,7,9H2,1-2H3,(H,25,26)(H,19,23,24)/t11?,14-,15+,16+/m0/s1. The number of H-pyrrole nitrogens is 1. The van der Waals surface area contributed by atoms with Crippen molar-refractivity contribution in [1.29, 1.82) is 0 Å². The largest absolute Gasteiger partial charge is 0.527 e. The van der Waals surface area contributed by atoms with E-state index in [1.54, 1.807) is 19.1 Å². The van der Waals surface area contributed by atoms with E-state index in [-0.39, 0.29) is 12.2 Å². The van der Waals surface area contributed by atoms with Gasteiger partial charge in [0.2, 0.25) is 0 Å². The van der Waals surface area contributed by atoms with Crippen molar-refractivity contribution < 1.29 is 33.5 Å². The van der Waals surface area contributed by atoms with Crippen molar-refractivity contribution in [3.63, 3.8) is 0 Å². The highest BCUT2D eigenvalue weighted by molar-refractivity contribution is 7.47. The van der Waals surface area contributed by atoms with Crippen LogP contribution in [0.25, 0.3) is 0 Å². The maximum absolute atomic E-state index is 12.2. The summed E-state index contributed by atoms with van der Waals surface area (Å²) in [5.41, 5.74) is -0.433. The van der Waals surface area contributed by atoms with Crippen LogP contribution in [0.4, 0.5) is 0 Å². The highest BCUT2D eigenvalue weighted by Gasteiger charge is 2.38. The molecule has 2 heterocycles. The zero-order valence-corrected chi connectivity index (χ0v) is 17.2. The Morgan fingerprint density at radius 2 is 2.13 bits per heavy atom. The van der Waals surface area contributed by atoms with E-state index in [2.05, 4.69) is 4.98 Å². The second kappa shape index (κ2) is 8.84. The van der Waals surface area contributed by atoms with Crippen molar-refractivity contribution in [1.82, 2.24) is 9.55 Å². The van der Waals surface area contributed by atoms with Gasteiger partial charge in [0.05, 0.1) is 18.8 Å². The van der Waals surface area contributed by atoms with Crippen LogP contribution in [0.1, 0.15) is 36.8 Å². The number of aryl methyl sites for hydroxylation is 1. The topological polar surface area (TPSA) is 160 Å². The molecule has 0 bridgehead atoms. The Labute approximate surface area is 171 Å². The molecule has 1 aliphatic heterocycles. The molecular formula is C18H23N2O9P. The zero-order valence-electron chi connectivity index (χ0n) is 16.3. The molecule has 0 saturated carbocycles. The third kappa shape index (κ3) is 5.25. The van der Waals surface area contributed by atoms with Crippen molar-refractivity contribution in [3.8, 4) is 5.75 Å². The van der Waals surface area contributed by atoms with Crippen molar-refractivity contribution in [3.05, 3.63) is 62.4 Å². The summed E-state index contributed by atoms with van der Waals surface area (Å²) < 4.78 is 28.9. The SMILES string of the molecule is Cc1cn([C@H]2C[C@H](O)[C@@H](COP(=O)(O)Oc3cccc(C(C)O)c3)O2)c(=O)[nH]c1=O. The first-order valence-corrected chi connectivity index (χ1v) is 10.7. The van der Waals surface area contributed by atoms with Crippen LogP contribution >= 0.6 is 7.82 Å². The molecule has 11 nitrogen and oxygen atoms in total. The number of hydrogen-bond acceptors (Lipinski definition) is 8. The zero-order chi connectivity index (χ0) is 22.1. The first kappa shape index (κ1) is 22.4. The van der Waals surface area contributed by atoms with Gasteiger partial charge in [-0.05, 0) is 31.5 Å². The second-order valence-corrected chi connectivity index (χ2v) is 8.39. The predicted octanol–water partition coefficient (Wildman–Crippen LogP) is 0.743. The highest BCUT2D eigenvalue weighted by Crippen LogP contribution is 2.45. The number of phosphoric acid groups is 1. The van der Waals surface area contributed by atoms with Crippen LogP contribution in [0.5, 0.6) is 5.75 Å². The van der Waals surface area contributed by atoms with Gasteiger partial charge in [-0.25, -0.2) is 9.36 Å². The summed E-state index contributed by atoms with van der Waals surface area (Å²) in [7, 11) is -4.55. The molecule has 1 aromatic heterocycles. The molecule has 5 atom stereocenters. The summed E-state index contributed by atoms with van der Waals surface area (Å²) in [5, 5.41) is 19.8. The van der Waals surface area contributed by atoms with Gasteiger partial charge in [-0.15, -0.1) is 0 Å². The minimum atomic E-state index is -4.55. The molecular weight excluding hydrogens is 419 g/mol. The Morgan fingerprint density at radius 1 is 1.40 bits per heavy atom. The molecule has 0 amide bonds. The maximum atomic E-state index is 12.2. The lowest BCUT2D eigenvalue weighted by Gasteiger charge is -2.19. The minimum Gasteiger partial charge on any atom is -0.404 e. The fraction of sp³-hybridized carbons (Fsp3) is 0.444. The highest BCUT2D eigenvalue weighted by atomic mass is 31.2. The lowest BCUT2D eigenvalue weighted by atomic mass is 10.1. The van der Waals surface area contributed by atoms with Crippen LogP contribution < -0.4 is 15.8 Å². The number of nitrogens with zero attached hydrogens (tertiary/aromatic N) is 1. The van der Waals surface area contributed by atoms with Crippen LogP contribution in [0.2, 0.25) is 0 Å². The van der Waals surface area contributed by atoms with E-state index in [0.717, 1.165) is 4.57 Å². The summed E-state index contributed by atoms with van der Waals surface area (Å²) in [6.45, 7) is 2.59. The Morgan fingerprint density at radius 3 is 2.83 bits per heavy atom. The van der Waals surface area contributed by atoms with Crippen molar-refractivity contribution >= 4 is 7.82 Å². The van der Waals surface area contributed by atoms with Gasteiger partial charge in [-0.2, -0.15) is 0 Å². The van der Waals surface area contributed by atoms with Gasteiger partial charge in [0.1, 0.15) is 18.1 Å². The van der Waals surface area contributed by atoms with E-state index >= 15 is 0 Å². The number of benzene rings is 1. The summed E-state index contributed by atoms with van der Waals surface area (Å²) in [6, 6.07) is 6.01. The van der Waals surface area contributed by atoms with Gasteiger partial charge in [-0.1, -0.05) is 12.1 Å². The van der Waals surface area contributed by atoms with Crippen LogP contribution in [-0.4, -0.2) is 43.5 Å². The molecule has 3 rings (SSSR count). The Kier molecular flexibility index (Phi) is 6.61. The van der Waals surface area contributed by atoms with Gasteiger partial charge in [0.25, 0.3) is 5.56 Å². The second-order valence-electron chi connectivity index (χ2n) is 7.01. The monoisotopic (exact) mass is 442 g/mol. The molecule has 0 radical (unpaired) electrons. The quantitative estimate of drug-likeness (QED) is 0.454. The molecule has 30 heavy (non-hydrogen) atoms. The lowest BCUT2D eigenvalue weighted by molar-refractivity contribution is -0.0447. The Bertz CT molecular complexity index is 1060. The molecule has 1 aliphatic rings. The van der Waals surface area contributed by atoms with E-state index < -0.39 is 50.2 Å². The summed E-state index contributed by atoms with van der Waals surface area (Å²) in [5.74, 6) is 0.0280. The number of aromatic amines is 1. The van der Waals surface area contributed by atoms with E-state index in [1.807, 2.05) is 0 Å². The smallest absolute Gasteiger partial charge is 0.404 e. The van der Waals surface area contributed by atoms with Crippen LogP contribution in [0.15, 0.2) is 40.1 Å².